The van der Waals surface area contributed by atoms with E-state index in [9.17, 15) is 9.59 Å². The minimum atomic E-state index is -0.126. The molecule has 0 fully saturated rings. The van der Waals surface area contributed by atoms with Gasteiger partial charge in [0.1, 0.15) is 0 Å². The van der Waals surface area contributed by atoms with Gasteiger partial charge < -0.3 is 5.32 Å². The lowest BCUT2D eigenvalue weighted by Gasteiger charge is -2.13. The largest absolute Gasteiger partial charge is 0.354 e. The number of carbonyl (C=O) groups excluding carboxylic acids is 1. The van der Waals surface area contributed by atoms with Gasteiger partial charge in [0.15, 0.2) is 0 Å². The molecule has 1 heterocycles. The first-order chi connectivity index (χ1) is 12.2. The van der Waals surface area contributed by atoms with E-state index in [0.717, 1.165) is 23.8 Å². The van der Waals surface area contributed by atoms with E-state index >= 15 is 0 Å². The first kappa shape index (κ1) is 15.6. The molecular formula is C20H19N3O2. The van der Waals surface area contributed by atoms with Crippen molar-refractivity contribution < 1.29 is 4.79 Å². The zero-order valence-corrected chi connectivity index (χ0v) is 13.8. The Bertz CT molecular complexity index is 993. The maximum atomic E-state index is 12.5. The molecule has 4 rings (SSSR count). The number of hydrogen-bond donors (Lipinski definition) is 1. The topological polar surface area (TPSA) is 64.0 Å². The fraction of sp³-hybridized carbons (Fsp3) is 0.250. The molecule has 5 nitrogen and oxygen atoms in total. The summed E-state index contributed by atoms with van der Waals surface area (Å²) < 4.78 is 1.41. The molecule has 3 aromatic rings. The molecule has 126 valence electrons. The number of hydrogen-bond acceptors (Lipinski definition) is 3. The maximum absolute atomic E-state index is 12.5. The van der Waals surface area contributed by atoms with Crippen LogP contribution in [0.5, 0.6) is 0 Å². The molecule has 0 spiro atoms. The molecule has 1 aromatic heterocycles. The number of aryl methyl sites for hydroxylation is 1. The Morgan fingerprint density at radius 2 is 1.96 bits per heavy atom. The lowest BCUT2D eigenvalue weighted by atomic mass is 10.0. The number of carbonyl (C=O) groups is 1. The van der Waals surface area contributed by atoms with E-state index in [1.165, 1.54) is 10.2 Å². The van der Waals surface area contributed by atoms with Gasteiger partial charge >= 0.3 is 0 Å². The van der Waals surface area contributed by atoms with Crippen LogP contribution in [0, 0.1) is 0 Å². The molecule has 1 aliphatic rings. The van der Waals surface area contributed by atoms with E-state index in [0.29, 0.717) is 18.5 Å². The first-order valence-electron chi connectivity index (χ1n) is 8.54. The van der Waals surface area contributed by atoms with Crippen molar-refractivity contribution in [1.82, 2.24) is 15.1 Å². The third-order valence-corrected chi connectivity index (χ3v) is 4.83. The first-order valence-corrected chi connectivity index (χ1v) is 8.54. The molecule has 0 saturated carbocycles. The third-order valence-electron chi connectivity index (χ3n) is 4.83. The van der Waals surface area contributed by atoms with E-state index in [-0.39, 0.29) is 17.4 Å². The second-order valence-electron chi connectivity index (χ2n) is 6.34. The van der Waals surface area contributed by atoms with E-state index < -0.39 is 0 Å². The van der Waals surface area contributed by atoms with Crippen LogP contribution in [0.25, 0.3) is 10.8 Å². The summed E-state index contributed by atoms with van der Waals surface area (Å²) >= 11 is 0. The molecule has 1 aliphatic carbocycles. The minimum Gasteiger partial charge on any atom is -0.354 e. The van der Waals surface area contributed by atoms with Crippen LogP contribution in [0.4, 0.5) is 0 Å². The number of rotatable bonds is 4. The summed E-state index contributed by atoms with van der Waals surface area (Å²) in [6.45, 7) is 0.756. The molecule has 0 aliphatic heterocycles. The predicted molar refractivity (Wildman–Crippen MR) is 96.5 cm³/mol. The van der Waals surface area contributed by atoms with Crippen molar-refractivity contribution in [3.05, 3.63) is 76.2 Å². The Hall–Kier alpha value is -2.95. The molecule has 1 atom stereocenters. The van der Waals surface area contributed by atoms with Crippen molar-refractivity contribution in [2.75, 3.05) is 6.54 Å². The molecule has 1 amide bonds. The Balaban J connectivity index is 1.42. The number of nitrogens with one attached hydrogen (secondary N) is 1. The van der Waals surface area contributed by atoms with Crippen LogP contribution in [-0.2, 0) is 17.8 Å². The van der Waals surface area contributed by atoms with E-state index in [1.807, 2.05) is 36.4 Å². The zero-order chi connectivity index (χ0) is 17.2. The van der Waals surface area contributed by atoms with Gasteiger partial charge in [0.05, 0.1) is 24.0 Å². The summed E-state index contributed by atoms with van der Waals surface area (Å²) in [5, 5.41) is 8.62. The molecule has 0 radical (unpaired) electrons. The summed E-state index contributed by atoms with van der Waals surface area (Å²) in [6, 6.07) is 15.5. The van der Waals surface area contributed by atoms with Gasteiger partial charge in [-0.15, -0.1) is 0 Å². The van der Waals surface area contributed by atoms with Gasteiger partial charge in [0.2, 0.25) is 5.91 Å². The number of fused-ring (bicyclic) bond motifs is 2. The molecule has 25 heavy (non-hydrogen) atoms. The standard InChI is InChI=1S/C20H19N3O2/c24-19(18-10-9-14-5-1-3-7-16(14)18)21-11-12-23-20(25)17-8-4-2-6-15(17)13-22-23/h1-8,13,18H,9-12H2,(H,21,24)/t18-/m0/s1. The molecule has 5 heteroatoms. The van der Waals surface area contributed by atoms with E-state index in [4.69, 9.17) is 0 Å². The zero-order valence-electron chi connectivity index (χ0n) is 13.8. The number of benzene rings is 2. The Kier molecular flexibility index (Phi) is 4.06. The summed E-state index contributed by atoms with van der Waals surface area (Å²) in [5.74, 6) is -0.0590. The normalized spacial score (nSPS) is 15.9. The Morgan fingerprint density at radius 3 is 2.88 bits per heavy atom. The quantitative estimate of drug-likeness (QED) is 0.796. The third kappa shape index (κ3) is 2.93. The highest BCUT2D eigenvalue weighted by Gasteiger charge is 2.27. The van der Waals surface area contributed by atoms with Crippen molar-refractivity contribution in [3.8, 4) is 0 Å². The molecular weight excluding hydrogens is 314 g/mol. The van der Waals surface area contributed by atoms with Gasteiger partial charge in [-0.3, -0.25) is 9.59 Å². The van der Waals surface area contributed by atoms with Crippen LogP contribution < -0.4 is 10.9 Å². The van der Waals surface area contributed by atoms with Crippen molar-refractivity contribution in [2.45, 2.75) is 25.3 Å². The minimum absolute atomic E-state index is 0.0267. The van der Waals surface area contributed by atoms with Crippen LogP contribution >= 0.6 is 0 Å². The molecule has 1 N–H and O–H groups in total. The maximum Gasteiger partial charge on any atom is 0.274 e. The van der Waals surface area contributed by atoms with E-state index in [2.05, 4.69) is 16.5 Å². The van der Waals surface area contributed by atoms with Gasteiger partial charge in [0.25, 0.3) is 5.56 Å². The number of amides is 1. The van der Waals surface area contributed by atoms with Gasteiger partial charge in [-0.1, -0.05) is 42.5 Å². The summed E-state index contributed by atoms with van der Waals surface area (Å²) in [7, 11) is 0. The van der Waals surface area contributed by atoms with Gasteiger partial charge in [-0.05, 0) is 30.0 Å². The van der Waals surface area contributed by atoms with Crippen molar-refractivity contribution in [3.63, 3.8) is 0 Å². The van der Waals surface area contributed by atoms with Gasteiger partial charge in [-0.25, -0.2) is 4.68 Å². The van der Waals surface area contributed by atoms with Crippen LogP contribution in [0.2, 0.25) is 0 Å². The van der Waals surface area contributed by atoms with Crippen molar-refractivity contribution in [2.24, 2.45) is 0 Å². The monoisotopic (exact) mass is 333 g/mol. The number of nitrogens with zero attached hydrogens (tertiary/aromatic N) is 2. The number of aromatic nitrogens is 2. The SMILES string of the molecule is O=C(NCCn1ncc2ccccc2c1=O)[C@H]1CCc2ccccc21. The van der Waals surface area contributed by atoms with Crippen molar-refractivity contribution in [1.29, 1.82) is 0 Å². The lowest BCUT2D eigenvalue weighted by Crippen LogP contribution is -2.34. The van der Waals surface area contributed by atoms with Crippen molar-refractivity contribution >= 4 is 16.7 Å². The molecule has 0 saturated heterocycles. The summed E-state index contributed by atoms with van der Waals surface area (Å²) in [6.07, 6.45) is 3.48. The van der Waals surface area contributed by atoms with Crippen LogP contribution in [-0.4, -0.2) is 22.2 Å². The summed E-state index contributed by atoms with van der Waals surface area (Å²) in [5.41, 5.74) is 2.26. The second-order valence-corrected chi connectivity index (χ2v) is 6.34. The average Bonchev–Trinajstić information content (AvgIpc) is 3.08. The fourth-order valence-corrected chi connectivity index (χ4v) is 3.52. The lowest BCUT2D eigenvalue weighted by molar-refractivity contribution is -0.122. The van der Waals surface area contributed by atoms with Gasteiger partial charge in [0, 0.05) is 11.9 Å². The molecule has 2 aromatic carbocycles. The van der Waals surface area contributed by atoms with Gasteiger partial charge in [-0.2, -0.15) is 5.10 Å². The Labute approximate surface area is 145 Å². The highest BCUT2D eigenvalue weighted by Crippen LogP contribution is 2.32. The second kappa shape index (κ2) is 6.51. The summed E-state index contributed by atoms with van der Waals surface area (Å²) in [4.78, 5) is 24.9. The fourth-order valence-electron chi connectivity index (χ4n) is 3.52. The van der Waals surface area contributed by atoms with E-state index in [1.54, 1.807) is 12.3 Å². The molecule has 0 unspecified atom stereocenters. The predicted octanol–water partition coefficient (Wildman–Crippen LogP) is 2.24. The average molecular weight is 333 g/mol. The van der Waals surface area contributed by atoms with Crippen LogP contribution in [0.15, 0.2) is 59.5 Å². The highest BCUT2D eigenvalue weighted by atomic mass is 16.2. The van der Waals surface area contributed by atoms with Crippen LogP contribution in [0.3, 0.4) is 0 Å². The smallest absolute Gasteiger partial charge is 0.274 e. The molecule has 0 bridgehead atoms. The Morgan fingerprint density at radius 1 is 1.16 bits per heavy atom. The highest BCUT2D eigenvalue weighted by molar-refractivity contribution is 5.85. The van der Waals surface area contributed by atoms with Crippen LogP contribution in [0.1, 0.15) is 23.5 Å².